The van der Waals surface area contributed by atoms with Crippen molar-refractivity contribution >= 4 is 0 Å². The summed E-state index contributed by atoms with van der Waals surface area (Å²) in [7, 11) is 3.46. The molecule has 0 amide bonds. The SMILES string of the molecule is COc1cc(-n2ccnc2)ccc1C1C(C#N)=C(N)Oc2c1c(C1CC1)nn2C. The molecule has 2 N–H and O–H groups in total. The van der Waals surface area contributed by atoms with Crippen LogP contribution in [0.5, 0.6) is 11.6 Å². The number of allylic oxidation sites excluding steroid dienone is 1. The van der Waals surface area contributed by atoms with Gasteiger partial charge in [-0.05, 0) is 18.9 Å². The first-order valence-corrected chi connectivity index (χ1v) is 9.43. The molecule has 0 saturated heterocycles. The van der Waals surface area contributed by atoms with Gasteiger partial charge in [0, 0.05) is 37.0 Å². The van der Waals surface area contributed by atoms with Crippen molar-refractivity contribution in [3.05, 3.63) is 65.2 Å². The Balaban J connectivity index is 1.72. The summed E-state index contributed by atoms with van der Waals surface area (Å²) in [4.78, 5) is 4.10. The Labute approximate surface area is 167 Å². The number of aromatic nitrogens is 4. The zero-order valence-corrected chi connectivity index (χ0v) is 16.2. The Morgan fingerprint density at radius 2 is 2.17 bits per heavy atom. The quantitative estimate of drug-likeness (QED) is 0.737. The molecular weight excluding hydrogens is 368 g/mol. The molecule has 29 heavy (non-hydrogen) atoms. The monoisotopic (exact) mass is 388 g/mol. The molecule has 1 aromatic carbocycles. The number of nitrogens with two attached hydrogens (primary N) is 1. The van der Waals surface area contributed by atoms with Crippen molar-refractivity contribution in [3.8, 4) is 23.4 Å². The summed E-state index contributed by atoms with van der Waals surface area (Å²) >= 11 is 0. The van der Waals surface area contributed by atoms with E-state index in [2.05, 4.69) is 11.1 Å². The van der Waals surface area contributed by atoms with Crippen LogP contribution < -0.4 is 15.2 Å². The number of imidazole rings is 1. The second kappa shape index (κ2) is 6.41. The number of nitrogens with zero attached hydrogens (tertiary/aromatic N) is 5. The van der Waals surface area contributed by atoms with Crippen LogP contribution in [0.2, 0.25) is 0 Å². The van der Waals surface area contributed by atoms with Crippen LogP contribution in [0.15, 0.2) is 48.4 Å². The Bertz CT molecular complexity index is 1160. The molecule has 1 fully saturated rings. The highest BCUT2D eigenvalue weighted by atomic mass is 16.5. The van der Waals surface area contributed by atoms with Gasteiger partial charge in [-0.3, -0.25) is 0 Å². The fourth-order valence-corrected chi connectivity index (χ4v) is 3.98. The van der Waals surface area contributed by atoms with Crippen molar-refractivity contribution in [3.63, 3.8) is 0 Å². The lowest BCUT2D eigenvalue weighted by molar-refractivity contribution is 0.356. The van der Waals surface area contributed by atoms with Gasteiger partial charge >= 0.3 is 0 Å². The highest BCUT2D eigenvalue weighted by Crippen LogP contribution is 2.52. The van der Waals surface area contributed by atoms with Gasteiger partial charge in [0.1, 0.15) is 17.4 Å². The molecule has 3 aromatic rings. The van der Waals surface area contributed by atoms with Gasteiger partial charge in [-0.15, -0.1) is 0 Å². The summed E-state index contributed by atoms with van der Waals surface area (Å²) in [5.41, 5.74) is 10.2. The van der Waals surface area contributed by atoms with Gasteiger partial charge in [0.15, 0.2) is 0 Å². The van der Waals surface area contributed by atoms with Gasteiger partial charge in [0.05, 0.1) is 36.3 Å². The van der Waals surface area contributed by atoms with E-state index >= 15 is 0 Å². The van der Waals surface area contributed by atoms with Crippen LogP contribution in [-0.4, -0.2) is 26.4 Å². The van der Waals surface area contributed by atoms with Crippen LogP contribution in [0.25, 0.3) is 5.69 Å². The van der Waals surface area contributed by atoms with Crippen molar-refractivity contribution in [1.82, 2.24) is 19.3 Å². The van der Waals surface area contributed by atoms with E-state index in [1.54, 1.807) is 24.3 Å². The van der Waals surface area contributed by atoms with Crippen LogP contribution in [0.3, 0.4) is 0 Å². The van der Waals surface area contributed by atoms with E-state index in [0.29, 0.717) is 23.1 Å². The molecule has 8 heteroatoms. The molecule has 1 aliphatic carbocycles. The molecule has 0 bridgehead atoms. The fraction of sp³-hybridized carbons (Fsp3) is 0.286. The van der Waals surface area contributed by atoms with E-state index < -0.39 is 0 Å². The zero-order valence-electron chi connectivity index (χ0n) is 16.2. The van der Waals surface area contributed by atoms with Gasteiger partial charge in [0.25, 0.3) is 0 Å². The van der Waals surface area contributed by atoms with Gasteiger partial charge in [-0.25, -0.2) is 9.67 Å². The fourth-order valence-electron chi connectivity index (χ4n) is 3.98. The van der Waals surface area contributed by atoms with Crippen molar-refractivity contribution in [1.29, 1.82) is 5.26 Å². The van der Waals surface area contributed by atoms with Crippen molar-refractivity contribution in [2.75, 3.05) is 7.11 Å². The first-order valence-electron chi connectivity index (χ1n) is 9.43. The second-order valence-corrected chi connectivity index (χ2v) is 7.32. The Morgan fingerprint density at radius 1 is 1.34 bits per heavy atom. The lowest BCUT2D eigenvalue weighted by atomic mass is 9.82. The first-order chi connectivity index (χ1) is 14.1. The summed E-state index contributed by atoms with van der Waals surface area (Å²) < 4.78 is 15.2. The van der Waals surface area contributed by atoms with Crippen LogP contribution in [0.1, 0.15) is 41.5 Å². The largest absolute Gasteiger partial charge is 0.496 e. The third kappa shape index (κ3) is 2.66. The molecule has 1 aliphatic heterocycles. The smallest absolute Gasteiger partial charge is 0.224 e. The predicted molar refractivity (Wildman–Crippen MR) is 105 cm³/mol. The van der Waals surface area contributed by atoms with E-state index in [0.717, 1.165) is 35.3 Å². The maximum atomic E-state index is 9.89. The molecule has 1 unspecified atom stereocenters. The maximum Gasteiger partial charge on any atom is 0.224 e. The standard InChI is InChI=1S/C21H20N6O2/c1-26-21-18(19(25-26)12-3-4-12)17(15(10-22)20(23)29-21)14-6-5-13(9-16(14)28-2)27-8-7-24-11-27/h5-9,11-12,17H,3-4,23H2,1-2H3. The van der Waals surface area contributed by atoms with Crippen molar-refractivity contribution in [2.24, 2.45) is 12.8 Å². The number of rotatable bonds is 4. The van der Waals surface area contributed by atoms with Crippen molar-refractivity contribution < 1.29 is 9.47 Å². The van der Waals surface area contributed by atoms with Gasteiger partial charge < -0.3 is 19.8 Å². The summed E-state index contributed by atoms with van der Waals surface area (Å²) in [5, 5.41) is 14.6. The molecular formula is C21H20N6O2. The lowest BCUT2D eigenvalue weighted by Gasteiger charge is -2.26. The van der Waals surface area contributed by atoms with Gasteiger partial charge in [-0.2, -0.15) is 10.4 Å². The predicted octanol–water partition coefficient (Wildman–Crippen LogP) is 2.71. The molecule has 2 aliphatic rings. The molecule has 1 saturated carbocycles. The first kappa shape index (κ1) is 17.4. The summed E-state index contributed by atoms with van der Waals surface area (Å²) in [5.74, 6) is 1.37. The summed E-state index contributed by atoms with van der Waals surface area (Å²) in [6.07, 6.45) is 7.50. The molecule has 5 rings (SSSR count). The molecule has 3 heterocycles. The highest BCUT2D eigenvalue weighted by Gasteiger charge is 2.41. The van der Waals surface area contributed by atoms with Gasteiger partial charge in [-0.1, -0.05) is 6.07 Å². The number of nitriles is 1. The Morgan fingerprint density at radius 3 is 2.83 bits per heavy atom. The van der Waals surface area contributed by atoms with Crippen LogP contribution in [0.4, 0.5) is 0 Å². The average Bonchev–Trinajstić information content (AvgIpc) is 3.33. The molecule has 0 radical (unpaired) electrons. The number of ether oxygens (including phenoxy) is 2. The number of fused-ring (bicyclic) bond motifs is 1. The maximum absolute atomic E-state index is 9.89. The van der Waals surface area contributed by atoms with Crippen LogP contribution >= 0.6 is 0 Å². The minimum Gasteiger partial charge on any atom is -0.496 e. The van der Waals surface area contributed by atoms with Crippen LogP contribution in [0, 0.1) is 11.3 Å². The Hall–Kier alpha value is -3.73. The van der Waals surface area contributed by atoms with E-state index in [4.69, 9.17) is 20.3 Å². The molecule has 8 nitrogen and oxygen atoms in total. The minimum atomic E-state index is -0.389. The number of hydrogen-bond acceptors (Lipinski definition) is 6. The Kier molecular flexibility index (Phi) is 3.84. The average molecular weight is 388 g/mol. The highest BCUT2D eigenvalue weighted by molar-refractivity contribution is 5.60. The van der Waals surface area contributed by atoms with E-state index in [9.17, 15) is 5.26 Å². The van der Waals surface area contributed by atoms with E-state index in [-0.39, 0.29) is 11.8 Å². The molecule has 0 spiro atoms. The van der Waals surface area contributed by atoms with E-state index in [1.165, 1.54) is 0 Å². The number of methoxy groups -OCH3 is 1. The number of hydrogen-bond donors (Lipinski definition) is 1. The zero-order chi connectivity index (χ0) is 20.1. The summed E-state index contributed by atoms with van der Waals surface area (Å²) in [6.45, 7) is 0. The second-order valence-electron chi connectivity index (χ2n) is 7.32. The third-order valence-corrected chi connectivity index (χ3v) is 5.52. The van der Waals surface area contributed by atoms with Crippen LogP contribution in [-0.2, 0) is 7.05 Å². The number of aryl methyl sites for hydroxylation is 1. The van der Waals surface area contributed by atoms with E-state index in [1.807, 2.05) is 36.0 Å². The topological polar surface area (TPSA) is 104 Å². The molecule has 1 atom stereocenters. The summed E-state index contributed by atoms with van der Waals surface area (Å²) in [6, 6.07) is 8.14. The van der Waals surface area contributed by atoms with Gasteiger partial charge in [0.2, 0.25) is 11.8 Å². The number of benzene rings is 1. The lowest BCUT2D eigenvalue weighted by Crippen LogP contribution is -2.22. The van der Waals surface area contributed by atoms with Crippen molar-refractivity contribution in [2.45, 2.75) is 24.7 Å². The third-order valence-electron chi connectivity index (χ3n) is 5.52. The molecule has 2 aromatic heterocycles. The minimum absolute atomic E-state index is 0.107. The normalized spacial score (nSPS) is 18.2. The molecule has 146 valence electrons.